The molecule has 0 atom stereocenters. The first-order chi connectivity index (χ1) is 12.5. The first kappa shape index (κ1) is 18.5. The van der Waals surface area contributed by atoms with E-state index in [4.69, 9.17) is 4.74 Å². The molecule has 2 aromatic carbocycles. The van der Waals surface area contributed by atoms with Gasteiger partial charge in [-0.3, -0.25) is 4.79 Å². The van der Waals surface area contributed by atoms with Crippen LogP contribution in [-0.2, 0) is 14.8 Å². The number of sulfonamides is 1. The average molecular weight is 378 g/mol. The van der Waals surface area contributed by atoms with E-state index >= 15 is 0 Å². The predicted molar refractivity (Wildman–Crippen MR) is 95.2 cm³/mol. The van der Waals surface area contributed by atoms with Crippen LogP contribution in [0.2, 0.25) is 0 Å². The molecule has 1 saturated heterocycles. The van der Waals surface area contributed by atoms with Crippen molar-refractivity contribution >= 4 is 21.5 Å². The summed E-state index contributed by atoms with van der Waals surface area (Å²) < 4.78 is 45.5. The lowest BCUT2D eigenvalue weighted by atomic mass is 10.1. The Bertz CT molecular complexity index is 896. The molecule has 0 unspecified atom stereocenters. The second-order valence-corrected chi connectivity index (χ2v) is 7.74. The van der Waals surface area contributed by atoms with Crippen molar-refractivity contribution < 1.29 is 22.3 Å². The largest absolute Gasteiger partial charge is 0.379 e. The van der Waals surface area contributed by atoms with Gasteiger partial charge in [0.2, 0.25) is 10.0 Å². The minimum atomic E-state index is -3.67. The molecule has 0 spiro atoms. The monoisotopic (exact) mass is 378 g/mol. The minimum Gasteiger partial charge on any atom is -0.379 e. The molecule has 1 aliphatic rings. The molecule has 3 rings (SSSR count). The molecule has 0 aliphatic carbocycles. The van der Waals surface area contributed by atoms with Crippen molar-refractivity contribution in [2.45, 2.75) is 4.90 Å². The van der Waals surface area contributed by atoms with Crippen LogP contribution in [0.4, 0.5) is 10.1 Å². The van der Waals surface area contributed by atoms with Crippen LogP contribution >= 0.6 is 0 Å². The summed E-state index contributed by atoms with van der Waals surface area (Å²) in [6.45, 7) is 1.14. The van der Waals surface area contributed by atoms with Gasteiger partial charge in [-0.25, -0.2) is 12.8 Å². The first-order valence-electron chi connectivity index (χ1n) is 8.18. The summed E-state index contributed by atoms with van der Waals surface area (Å²) in [7, 11) is -3.67. The van der Waals surface area contributed by atoms with E-state index in [-0.39, 0.29) is 41.6 Å². The van der Waals surface area contributed by atoms with E-state index in [2.05, 4.69) is 5.32 Å². The molecule has 1 aliphatic heterocycles. The molecule has 1 fully saturated rings. The third-order valence-electron chi connectivity index (χ3n) is 4.08. The van der Waals surface area contributed by atoms with Gasteiger partial charge in [-0.05, 0) is 24.3 Å². The number of anilines is 1. The van der Waals surface area contributed by atoms with E-state index in [0.717, 1.165) is 0 Å². The van der Waals surface area contributed by atoms with Crippen LogP contribution in [0.3, 0.4) is 0 Å². The maximum absolute atomic E-state index is 13.6. The van der Waals surface area contributed by atoms with Crippen LogP contribution < -0.4 is 5.32 Å². The molecule has 0 bridgehead atoms. The van der Waals surface area contributed by atoms with Gasteiger partial charge in [-0.2, -0.15) is 4.31 Å². The molecule has 26 heavy (non-hydrogen) atoms. The number of nitrogens with one attached hydrogen (secondary N) is 1. The maximum atomic E-state index is 13.6. The van der Waals surface area contributed by atoms with E-state index in [1.807, 2.05) is 0 Å². The first-order valence-corrected chi connectivity index (χ1v) is 9.62. The summed E-state index contributed by atoms with van der Waals surface area (Å²) in [5.74, 6) is -0.781. The van der Waals surface area contributed by atoms with Crippen molar-refractivity contribution in [1.82, 2.24) is 4.31 Å². The number of hydrogen-bond donors (Lipinski definition) is 1. The van der Waals surface area contributed by atoms with Crippen molar-refractivity contribution in [1.29, 1.82) is 0 Å². The van der Waals surface area contributed by atoms with Gasteiger partial charge in [0.25, 0.3) is 0 Å². The van der Waals surface area contributed by atoms with Gasteiger partial charge in [0.15, 0.2) is 5.78 Å². The van der Waals surface area contributed by atoms with Gasteiger partial charge in [0.1, 0.15) is 5.82 Å². The highest BCUT2D eigenvalue weighted by Gasteiger charge is 2.26. The Labute approximate surface area is 151 Å². The predicted octanol–water partition coefficient (Wildman–Crippen LogP) is 2.14. The maximum Gasteiger partial charge on any atom is 0.243 e. The van der Waals surface area contributed by atoms with Gasteiger partial charge in [0.05, 0.1) is 30.3 Å². The van der Waals surface area contributed by atoms with Crippen molar-refractivity contribution in [2.75, 3.05) is 38.2 Å². The number of rotatable bonds is 6. The van der Waals surface area contributed by atoms with Crippen molar-refractivity contribution in [2.24, 2.45) is 0 Å². The highest BCUT2D eigenvalue weighted by molar-refractivity contribution is 7.89. The quantitative estimate of drug-likeness (QED) is 0.780. The Morgan fingerprint density at radius 1 is 1.12 bits per heavy atom. The van der Waals surface area contributed by atoms with Crippen LogP contribution in [0.5, 0.6) is 0 Å². The number of halogens is 1. The topological polar surface area (TPSA) is 75.7 Å². The van der Waals surface area contributed by atoms with Gasteiger partial charge in [-0.15, -0.1) is 0 Å². The summed E-state index contributed by atoms with van der Waals surface area (Å²) in [5, 5.41) is 2.73. The Hall–Kier alpha value is -2.29. The molecular formula is C18H19FN2O4S. The zero-order valence-corrected chi connectivity index (χ0v) is 14.8. The van der Waals surface area contributed by atoms with Crippen molar-refractivity contribution in [3.63, 3.8) is 0 Å². The van der Waals surface area contributed by atoms with Gasteiger partial charge in [0, 0.05) is 18.7 Å². The third-order valence-corrected chi connectivity index (χ3v) is 5.97. The highest BCUT2D eigenvalue weighted by Crippen LogP contribution is 2.19. The SMILES string of the molecule is O=C(CNc1ccccc1F)c1cccc(S(=O)(=O)N2CCOCC2)c1. The molecule has 1 N–H and O–H groups in total. The van der Waals surface area contributed by atoms with E-state index in [0.29, 0.717) is 13.2 Å². The lowest BCUT2D eigenvalue weighted by Gasteiger charge is -2.26. The molecule has 0 saturated carbocycles. The fourth-order valence-electron chi connectivity index (χ4n) is 2.65. The number of Topliss-reactive ketones (excluding diaryl/α,β-unsaturated/α-hetero) is 1. The molecule has 1 heterocycles. The number of ketones is 1. The minimum absolute atomic E-state index is 0.0659. The van der Waals surface area contributed by atoms with Crippen LogP contribution in [0.25, 0.3) is 0 Å². The van der Waals surface area contributed by atoms with Crippen molar-refractivity contribution in [3.8, 4) is 0 Å². The van der Waals surface area contributed by atoms with Crippen LogP contribution in [-0.4, -0.2) is 51.4 Å². The number of carbonyl (C=O) groups is 1. The van der Waals surface area contributed by atoms with Crippen molar-refractivity contribution in [3.05, 3.63) is 59.9 Å². The number of ether oxygens (including phenoxy) is 1. The summed E-state index contributed by atoms with van der Waals surface area (Å²) in [5.41, 5.74) is 0.473. The number of morpholine rings is 1. The molecule has 2 aromatic rings. The number of nitrogens with zero attached hydrogens (tertiary/aromatic N) is 1. The lowest BCUT2D eigenvalue weighted by molar-refractivity contribution is 0.0730. The smallest absolute Gasteiger partial charge is 0.243 e. The number of carbonyl (C=O) groups excluding carboxylic acids is 1. The lowest BCUT2D eigenvalue weighted by Crippen LogP contribution is -2.40. The normalized spacial score (nSPS) is 15.6. The van der Waals surface area contributed by atoms with Crippen LogP contribution in [0.1, 0.15) is 10.4 Å². The highest BCUT2D eigenvalue weighted by atomic mass is 32.2. The average Bonchev–Trinajstić information content (AvgIpc) is 2.68. The Kier molecular flexibility index (Phi) is 5.65. The van der Waals surface area contributed by atoms with Gasteiger partial charge < -0.3 is 10.1 Å². The fraction of sp³-hybridized carbons (Fsp3) is 0.278. The molecular weight excluding hydrogens is 359 g/mol. The molecule has 138 valence electrons. The molecule has 8 heteroatoms. The van der Waals surface area contributed by atoms with E-state index in [9.17, 15) is 17.6 Å². The second kappa shape index (κ2) is 7.94. The zero-order valence-electron chi connectivity index (χ0n) is 14.0. The second-order valence-electron chi connectivity index (χ2n) is 5.80. The van der Waals surface area contributed by atoms with E-state index < -0.39 is 15.8 Å². The molecule has 0 aromatic heterocycles. The van der Waals surface area contributed by atoms with E-state index in [1.54, 1.807) is 18.2 Å². The molecule has 0 amide bonds. The summed E-state index contributed by atoms with van der Waals surface area (Å²) in [4.78, 5) is 12.4. The van der Waals surface area contributed by atoms with Crippen LogP contribution in [0.15, 0.2) is 53.4 Å². The molecule has 6 nitrogen and oxygen atoms in total. The standard InChI is InChI=1S/C18H19FN2O4S/c19-16-6-1-2-7-17(16)20-13-18(22)14-4-3-5-15(12-14)26(23,24)21-8-10-25-11-9-21/h1-7,12,20H,8-11,13H2. The Balaban J connectivity index is 1.74. The summed E-state index contributed by atoms with van der Waals surface area (Å²) >= 11 is 0. The van der Waals surface area contributed by atoms with Crippen LogP contribution in [0, 0.1) is 5.82 Å². The number of para-hydroxylation sites is 1. The zero-order chi connectivity index (χ0) is 18.6. The summed E-state index contributed by atoms with van der Waals surface area (Å²) in [6.07, 6.45) is 0. The summed E-state index contributed by atoms with van der Waals surface area (Å²) in [6, 6.07) is 11.9. The number of benzene rings is 2. The Morgan fingerprint density at radius 3 is 2.58 bits per heavy atom. The van der Waals surface area contributed by atoms with E-state index in [1.165, 1.54) is 34.6 Å². The van der Waals surface area contributed by atoms with Gasteiger partial charge in [-0.1, -0.05) is 24.3 Å². The Morgan fingerprint density at radius 2 is 1.85 bits per heavy atom. The fourth-order valence-corrected chi connectivity index (χ4v) is 4.10. The number of hydrogen-bond acceptors (Lipinski definition) is 5. The third kappa shape index (κ3) is 4.09. The van der Waals surface area contributed by atoms with Gasteiger partial charge >= 0.3 is 0 Å². The molecule has 0 radical (unpaired) electrons.